The van der Waals surface area contributed by atoms with E-state index in [1.165, 1.54) is 5.57 Å². The molecule has 8 atom stereocenters. The summed E-state index contributed by atoms with van der Waals surface area (Å²) in [6.07, 6.45) is 10.1. The summed E-state index contributed by atoms with van der Waals surface area (Å²) in [6, 6.07) is 2.18. The highest BCUT2D eigenvalue weighted by Gasteiger charge is 2.70. The van der Waals surface area contributed by atoms with E-state index in [-0.39, 0.29) is 57.1 Å². The van der Waals surface area contributed by atoms with Crippen LogP contribution in [0, 0.1) is 61.6 Å². The maximum atomic E-state index is 14.5. The molecule has 3 fully saturated rings. The molecule has 0 aliphatic heterocycles. The molecule has 0 radical (unpaired) electrons. The summed E-state index contributed by atoms with van der Waals surface area (Å²) < 4.78 is 5.79. The van der Waals surface area contributed by atoms with Crippen LogP contribution in [0.1, 0.15) is 93.4 Å². The summed E-state index contributed by atoms with van der Waals surface area (Å²) in [5, 5.41) is 9.92. The van der Waals surface area contributed by atoms with E-state index >= 15 is 0 Å². The summed E-state index contributed by atoms with van der Waals surface area (Å²) in [5.74, 6) is -0.224. The molecular formula is C35H50N2O4. The lowest BCUT2D eigenvalue weighted by atomic mass is 9.34. The van der Waals surface area contributed by atoms with Crippen molar-refractivity contribution in [3.63, 3.8) is 0 Å². The molecule has 5 aliphatic rings. The van der Waals surface area contributed by atoms with E-state index in [1.807, 2.05) is 45.0 Å². The van der Waals surface area contributed by atoms with Crippen LogP contribution in [0.3, 0.4) is 0 Å². The van der Waals surface area contributed by atoms with Gasteiger partial charge >= 0.3 is 5.97 Å². The van der Waals surface area contributed by atoms with Gasteiger partial charge in [0.2, 0.25) is 0 Å². The Labute approximate surface area is 246 Å². The standard InChI is InChI=1S/C35H50N2O4/c1-30(2)26-10-11-35(7)27(33(26,5)19-22(21-36)28(30)39)25(38)18-23-24-20-32(4,29(40)41-17-16-37(8)9)13-12-31(24,3)14-15-34(23,35)6/h18-19,24,26-27H,10-17,20H2,1-9H3/t24-,26-,27+,31+,32-,33-,34+,35+/m0/s1. The van der Waals surface area contributed by atoms with Gasteiger partial charge < -0.3 is 9.64 Å². The van der Waals surface area contributed by atoms with Crippen molar-refractivity contribution in [3.8, 4) is 6.07 Å². The third kappa shape index (κ3) is 4.08. The van der Waals surface area contributed by atoms with Crippen LogP contribution in [0.5, 0.6) is 0 Å². The summed E-state index contributed by atoms with van der Waals surface area (Å²) in [7, 11) is 3.95. The van der Waals surface area contributed by atoms with Crippen LogP contribution in [0.4, 0.5) is 0 Å². The molecule has 6 nitrogen and oxygen atoms in total. The summed E-state index contributed by atoms with van der Waals surface area (Å²) >= 11 is 0. The Morgan fingerprint density at radius 1 is 1.02 bits per heavy atom. The average Bonchev–Trinajstić information content (AvgIpc) is 2.88. The Bertz CT molecular complexity index is 1290. The number of carbonyl (C=O) groups is 3. The molecule has 0 bridgehead atoms. The molecule has 0 N–H and O–H groups in total. The molecule has 0 aromatic carbocycles. The number of fused-ring (bicyclic) bond motifs is 7. The third-order valence-electron chi connectivity index (χ3n) is 13.3. The number of carbonyl (C=O) groups excluding carboxylic acids is 3. The van der Waals surface area contributed by atoms with E-state index < -0.39 is 16.2 Å². The van der Waals surface area contributed by atoms with Crippen LogP contribution < -0.4 is 0 Å². The van der Waals surface area contributed by atoms with E-state index in [0.717, 1.165) is 38.5 Å². The lowest BCUT2D eigenvalue weighted by Crippen LogP contribution is -2.65. The average molecular weight is 563 g/mol. The second-order valence-corrected chi connectivity index (χ2v) is 16.3. The van der Waals surface area contributed by atoms with Crippen molar-refractivity contribution in [2.45, 2.75) is 93.4 Å². The third-order valence-corrected chi connectivity index (χ3v) is 13.3. The van der Waals surface area contributed by atoms with Crippen LogP contribution >= 0.6 is 0 Å². The Hall–Kier alpha value is -2.26. The van der Waals surface area contributed by atoms with Crippen LogP contribution in [-0.4, -0.2) is 49.7 Å². The van der Waals surface area contributed by atoms with Crippen LogP contribution in [0.15, 0.2) is 23.3 Å². The molecule has 3 saturated carbocycles. The van der Waals surface area contributed by atoms with E-state index in [2.05, 4.69) is 40.7 Å². The number of rotatable bonds is 4. The monoisotopic (exact) mass is 562 g/mol. The minimum absolute atomic E-state index is 0.00365. The first-order valence-electron chi connectivity index (χ1n) is 15.7. The smallest absolute Gasteiger partial charge is 0.311 e. The molecule has 0 heterocycles. The number of nitriles is 1. The van der Waals surface area contributed by atoms with Crippen molar-refractivity contribution >= 4 is 17.5 Å². The first-order valence-corrected chi connectivity index (χ1v) is 15.7. The van der Waals surface area contributed by atoms with Crippen molar-refractivity contribution in [3.05, 3.63) is 23.3 Å². The number of nitrogens with zero attached hydrogens (tertiary/aromatic N) is 2. The molecule has 224 valence electrons. The van der Waals surface area contributed by atoms with Gasteiger partial charge in [-0.05, 0) is 100 Å². The fraction of sp³-hybridized carbons (Fsp3) is 0.771. The predicted octanol–water partition coefficient (Wildman–Crippen LogP) is 6.31. The van der Waals surface area contributed by atoms with Gasteiger partial charge in [0.1, 0.15) is 12.7 Å². The van der Waals surface area contributed by atoms with Crippen molar-refractivity contribution in [2.75, 3.05) is 27.2 Å². The minimum Gasteiger partial charge on any atom is -0.464 e. The molecular weight excluding hydrogens is 512 g/mol. The van der Waals surface area contributed by atoms with Gasteiger partial charge in [-0.15, -0.1) is 0 Å². The molecule has 0 aromatic heterocycles. The van der Waals surface area contributed by atoms with Gasteiger partial charge in [0.25, 0.3) is 0 Å². The second-order valence-electron chi connectivity index (χ2n) is 16.3. The molecule has 0 aromatic rings. The molecule has 0 saturated heterocycles. The van der Waals surface area contributed by atoms with E-state index in [9.17, 15) is 19.6 Å². The highest BCUT2D eigenvalue weighted by molar-refractivity contribution is 6.05. The molecule has 0 spiro atoms. The molecule has 5 rings (SSSR count). The summed E-state index contributed by atoms with van der Waals surface area (Å²) in [4.78, 5) is 43.2. The molecule has 6 heteroatoms. The lowest BCUT2D eigenvalue weighted by molar-refractivity contribution is -0.173. The number of likely N-dealkylation sites (N-methyl/N-ethyl adjacent to an activating group) is 1. The molecule has 41 heavy (non-hydrogen) atoms. The highest BCUT2D eigenvalue weighted by Crippen LogP contribution is 2.74. The molecule has 0 unspecified atom stereocenters. The van der Waals surface area contributed by atoms with Crippen LogP contribution in [0.25, 0.3) is 0 Å². The number of allylic oxidation sites excluding steroid dienone is 4. The fourth-order valence-corrected chi connectivity index (χ4v) is 10.5. The van der Waals surface area contributed by atoms with Crippen LogP contribution in [0.2, 0.25) is 0 Å². The zero-order valence-corrected chi connectivity index (χ0v) is 26.8. The van der Waals surface area contributed by atoms with Gasteiger partial charge in [-0.2, -0.15) is 5.26 Å². The lowest BCUT2D eigenvalue weighted by Gasteiger charge is -2.69. The molecule has 5 aliphatic carbocycles. The topological polar surface area (TPSA) is 87.5 Å². The van der Waals surface area contributed by atoms with Crippen molar-refractivity contribution in [1.82, 2.24) is 4.90 Å². The van der Waals surface area contributed by atoms with Gasteiger partial charge in [0.15, 0.2) is 11.6 Å². The van der Waals surface area contributed by atoms with Crippen LogP contribution in [-0.2, 0) is 19.1 Å². The van der Waals surface area contributed by atoms with Gasteiger partial charge in [0.05, 0.1) is 11.0 Å². The second kappa shape index (κ2) is 9.37. The normalized spacial score (nSPS) is 44.9. The van der Waals surface area contributed by atoms with Crippen molar-refractivity contribution < 1.29 is 19.1 Å². The quantitative estimate of drug-likeness (QED) is 0.373. The van der Waals surface area contributed by atoms with E-state index in [0.29, 0.717) is 19.6 Å². The van der Waals surface area contributed by atoms with Gasteiger partial charge in [0, 0.05) is 23.3 Å². The van der Waals surface area contributed by atoms with Gasteiger partial charge in [-0.3, -0.25) is 14.4 Å². The van der Waals surface area contributed by atoms with Gasteiger partial charge in [-0.1, -0.05) is 53.2 Å². The maximum absolute atomic E-state index is 14.5. The zero-order valence-electron chi connectivity index (χ0n) is 26.8. The Morgan fingerprint density at radius 3 is 2.32 bits per heavy atom. The molecule has 0 amide bonds. The van der Waals surface area contributed by atoms with Crippen molar-refractivity contribution in [2.24, 2.45) is 50.2 Å². The van der Waals surface area contributed by atoms with E-state index in [1.54, 1.807) is 0 Å². The first kappa shape index (κ1) is 30.2. The number of ether oxygens (including phenoxy) is 1. The maximum Gasteiger partial charge on any atom is 0.311 e. The zero-order chi connectivity index (χ0) is 30.4. The summed E-state index contributed by atoms with van der Waals surface area (Å²) in [6.45, 7) is 16.3. The largest absolute Gasteiger partial charge is 0.464 e. The first-order chi connectivity index (χ1) is 18.9. The number of esters is 1. The Kier molecular flexibility index (Phi) is 6.90. The highest BCUT2D eigenvalue weighted by atomic mass is 16.5. The van der Waals surface area contributed by atoms with Crippen molar-refractivity contribution in [1.29, 1.82) is 5.26 Å². The Morgan fingerprint density at radius 2 is 1.68 bits per heavy atom. The predicted molar refractivity (Wildman–Crippen MR) is 158 cm³/mol. The number of ketones is 2. The Balaban J connectivity index is 1.56. The number of Topliss-reactive ketones (excluding diaryl/α,β-unsaturated/α-hetero) is 1. The fourth-order valence-electron chi connectivity index (χ4n) is 10.5. The number of hydrogen-bond donors (Lipinski definition) is 0. The minimum atomic E-state index is -0.690. The SMILES string of the molecule is CN(C)CCOC(=O)[C@@]1(C)CC[C@]2(C)CC[C@]3(C)C(=CC(=O)[C@@H]4[C@@]5(C)C=C(C#N)C(=O)C(C)(C)[C@@H]5CC[C@]43C)[C@@H]2C1. The summed E-state index contributed by atoms with van der Waals surface area (Å²) in [5.41, 5.74) is -0.861. The van der Waals surface area contributed by atoms with E-state index in [4.69, 9.17) is 4.74 Å². The van der Waals surface area contributed by atoms with Gasteiger partial charge in [-0.25, -0.2) is 0 Å². The number of hydrogen-bond acceptors (Lipinski definition) is 6.